The maximum Gasteiger partial charge on any atom is 0.244 e. The first kappa shape index (κ1) is 15.2. The fourth-order valence-corrected chi connectivity index (χ4v) is 1.94. The van der Waals surface area contributed by atoms with Crippen LogP contribution in [0.15, 0.2) is 36.5 Å². The normalized spacial score (nSPS) is 11.9. The smallest absolute Gasteiger partial charge is 0.244 e. The second-order valence-electron chi connectivity index (χ2n) is 5.13. The minimum Gasteiger partial charge on any atom is -0.366 e. The highest BCUT2D eigenvalue weighted by Crippen LogP contribution is 2.07. The van der Waals surface area contributed by atoms with Crippen molar-refractivity contribution in [3.8, 4) is 0 Å². The van der Waals surface area contributed by atoms with Crippen LogP contribution in [-0.2, 0) is 6.42 Å². The second-order valence-corrected chi connectivity index (χ2v) is 5.13. The predicted octanol–water partition coefficient (Wildman–Crippen LogP) is 3.13. The molecule has 0 spiro atoms. The van der Waals surface area contributed by atoms with Gasteiger partial charge in [-0.2, -0.15) is 10.1 Å². The van der Waals surface area contributed by atoms with Gasteiger partial charge in [-0.15, -0.1) is 5.10 Å². The monoisotopic (exact) mass is 285 g/mol. The average Bonchev–Trinajstić information content (AvgIpc) is 2.53. The van der Waals surface area contributed by atoms with Gasteiger partial charge in [-0.3, -0.25) is 0 Å². The van der Waals surface area contributed by atoms with Crippen LogP contribution in [0.1, 0.15) is 32.3 Å². The van der Waals surface area contributed by atoms with Crippen molar-refractivity contribution < 1.29 is 0 Å². The molecular formula is C16H23N5. The molecule has 1 atom stereocenters. The number of benzene rings is 1. The highest BCUT2D eigenvalue weighted by molar-refractivity contribution is 5.37. The van der Waals surface area contributed by atoms with Gasteiger partial charge in [0.05, 0.1) is 6.20 Å². The van der Waals surface area contributed by atoms with E-state index < -0.39 is 0 Å². The van der Waals surface area contributed by atoms with E-state index >= 15 is 0 Å². The molecule has 0 saturated carbocycles. The molecule has 0 radical (unpaired) electrons. The number of nitrogens with one attached hydrogen (secondary N) is 2. The number of aryl methyl sites for hydroxylation is 1. The Hall–Kier alpha value is -2.17. The Morgan fingerprint density at radius 1 is 1.19 bits per heavy atom. The zero-order valence-electron chi connectivity index (χ0n) is 12.7. The molecular weight excluding hydrogens is 262 g/mol. The zero-order valence-corrected chi connectivity index (χ0v) is 12.7. The van der Waals surface area contributed by atoms with Crippen LogP contribution in [0, 0.1) is 0 Å². The molecule has 112 valence electrons. The van der Waals surface area contributed by atoms with Gasteiger partial charge in [0.1, 0.15) is 0 Å². The third kappa shape index (κ3) is 5.38. The van der Waals surface area contributed by atoms with E-state index in [2.05, 4.69) is 63.9 Å². The minimum atomic E-state index is 0.382. The summed E-state index contributed by atoms with van der Waals surface area (Å²) in [7, 11) is 0. The van der Waals surface area contributed by atoms with E-state index in [1.165, 1.54) is 5.56 Å². The number of nitrogens with zero attached hydrogens (tertiary/aromatic N) is 3. The molecule has 5 heteroatoms. The van der Waals surface area contributed by atoms with E-state index in [1.54, 1.807) is 6.20 Å². The maximum absolute atomic E-state index is 4.41. The number of hydrogen-bond acceptors (Lipinski definition) is 5. The Morgan fingerprint density at radius 2 is 2.00 bits per heavy atom. The lowest BCUT2D eigenvalue weighted by Gasteiger charge is -2.12. The van der Waals surface area contributed by atoms with Crippen LogP contribution in [-0.4, -0.2) is 27.8 Å². The molecule has 0 amide bonds. The van der Waals surface area contributed by atoms with Gasteiger partial charge in [-0.05, 0) is 31.7 Å². The number of rotatable bonds is 8. The van der Waals surface area contributed by atoms with Crippen molar-refractivity contribution in [1.29, 1.82) is 0 Å². The SMILES string of the molecule is CCC(C)Nc1cnnc(NCCCc2ccccc2)n1. The molecule has 1 unspecified atom stereocenters. The fraction of sp³-hybridized carbons (Fsp3) is 0.438. The minimum absolute atomic E-state index is 0.382. The van der Waals surface area contributed by atoms with Crippen LogP contribution >= 0.6 is 0 Å². The van der Waals surface area contributed by atoms with Gasteiger partial charge in [0.15, 0.2) is 5.82 Å². The Bertz CT molecular complexity index is 529. The number of anilines is 2. The van der Waals surface area contributed by atoms with Crippen LogP contribution < -0.4 is 10.6 Å². The molecule has 1 aromatic heterocycles. The Morgan fingerprint density at radius 3 is 2.76 bits per heavy atom. The van der Waals surface area contributed by atoms with Crippen molar-refractivity contribution in [1.82, 2.24) is 15.2 Å². The summed E-state index contributed by atoms with van der Waals surface area (Å²) >= 11 is 0. The summed E-state index contributed by atoms with van der Waals surface area (Å²) in [5.74, 6) is 1.35. The molecule has 2 rings (SSSR count). The van der Waals surface area contributed by atoms with Crippen molar-refractivity contribution in [3.05, 3.63) is 42.1 Å². The standard InChI is InChI=1S/C16H23N5/c1-3-13(2)19-15-12-18-21-16(20-15)17-11-7-10-14-8-5-4-6-9-14/h4-6,8-9,12-13H,3,7,10-11H2,1-2H3,(H2,17,19,20,21). The predicted molar refractivity (Wildman–Crippen MR) is 86.5 cm³/mol. The first-order valence-corrected chi connectivity index (χ1v) is 7.52. The molecule has 21 heavy (non-hydrogen) atoms. The third-order valence-corrected chi connectivity index (χ3v) is 3.33. The summed E-state index contributed by atoms with van der Waals surface area (Å²) < 4.78 is 0. The first-order valence-electron chi connectivity index (χ1n) is 7.52. The average molecular weight is 285 g/mol. The van der Waals surface area contributed by atoms with Crippen molar-refractivity contribution in [3.63, 3.8) is 0 Å². The van der Waals surface area contributed by atoms with Crippen molar-refractivity contribution in [2.75, 3.05) is 17.2 Å². The lowest BCUT2D eigenvalue weighted by Crippen LogP contribution is -2.16. The van der Waals surface area contributed by atoms with E-state index in [0.717, 1.165) is 31.6 Å². The third-order valence-electron chi connectivity index (χ3n) is 3.33. The van der Waals surface area contributed by atoms with Gasteiger partial charge >= 0.3 is 0 Å². The lowest BCUT2D eigenvalue weighted by molar-refractivity contribution is 0.754. The molecule has 2 N–H and O–H groups in total. The van der Waals surface area contributed by atoms with Crippen LogP contribution in [0.4, 0.5) is 11.8 Å². The Balaban J connectivity index is 1.76. The maximum atomic E-state index is 4.41. The van der Waals surface area contributed by atoms with E-state index in [4.69, 9.17) is 0 Å². The molecule has 0 fully saturated rings. The lowest BCUT2D eigenvalue weighted by atomic mass is 10.1. The summed E-state index contributed by atoms with van der Waals surface area (Å²) in [6.07, 6.45) is 4.79. The van der Waals surface area contributed by atoms with Gasteiger partial charge in [0.2, 0.25) is 5.95 Å². The van der Waals surface area contributed by atoms with Crippen molar-refractivity contribution in [2.24, 2.45) is 0 Å². The number of aromatic nitrogens is 3. The van der Waals surface area contributed by atoms with Crippen LogP contribution in [0.2, 0.25) is 0 Å². The molecule has 0 bridgehead atoms. The summed E-state index contributed by atoms with van der Waals surface area (Å²) in [5.41, 5.74) is 1.35. The Labute approximate surface area is 126 Å². The first-order chi connectivity index (χ1) is 10.3. The van der Waals surface area contributed by atoms with E-state index in [0.29, 0.717) is 12.0 Å². The molecule has 0 saturated heterocycles. The fourth-order valence-electron chi connectivity index (χ4n) is 1.94. The highest BCUT2D eigenvalue weighted by Gasteiger charge is 2.03. The van der Waals surface area contributed by atoms with Gasteiger partial charge in [-0.1, -0.05) is 37.3 Å². The summed E-state index contributed by atoms with van der Waals surface area (Å²) in [4.78, 5) is 4.41. The molecule has 0 aliphatic heterocycles. The summed E-state index contributed by atoms with van der Waals surface area (Å²) in [6, 6.07) is 10.9. The highest BCUT2D eigenvalue weighted by atomic mass is 15.3. The van der Waals surface area contributed by atoms with Gasteiger partial charge in [0.25, 0.3) is 0 Å². The van der Waals surface area contributed by atoms with E-state index in [-0.39, 0.29) is 0 Å². The summed E-state index contributed by atoms with van der Waals surface area (Å²) in [5, 5.41) is 14.5. The van der Waals surface area contributed by atoms with Crippen LogP contribution in [0.3, 0.4) is 0 Å². The topological polar surface area (TPSA) is 62.7 Å². The van der Waals surface area contributed by atoms with Gasteiger partial charge in [0, 0.05) is 12.6 Å². The summed E-state index contributed by atoms with van der Waals surface area (Å²) in [6.45, 7) is 5.09. The largest absolute Gasteiger partial charge is 0.366 e. The Kier molecular flexibility index (Phi) is 5.94. The molecule has 0 aliphatic carbocycles. The molecule has 0 aliphatic rings. The van der Waals surface area contributed by atoms with Gasteiger partial charge < -0.3 is 10.6 Å². The quantitative estimate of drug-likeness (QED) is 0.730. The molecule has 1 aromatic carbocycles. The van der Waals surface area contributed by atoms with Crippen LogP contribution in [0.25, 0.3) is 0 Å². The number of hydrogen-bond donors (Lipinski definition) is 2. The van der Waals surface area contributed by atoms with Gasteiger partial charge in [-0.25, -0.2) is 0 Å². The zero-order chi connectivity index (χ0) is 14.9. The second kappa shape index (κ2) is 8.19. The van der Waals surface area contributed by atoms with Crippen molar-refractivity contribution >= 4 is 11.8 Å². The van der Waals surface area contributed by atoms with E-state index in [9.17, 15) is 0 Å². The van der Waals surface area contributed by atoms with E-state index in [1.807, 2.05) is 6.07 Å². The van der Waals surface area contributed by atoms with Crippen molar-refractivity contribution in [2.45, 2.75) is 39.2 Å². The van der Waals surface area contributed by atoms with Crippen LogP contribution in [0.5, 0.6) is 0 Å². The molecule has 5 nitrogen and oxygen atoms in total. The molecule has 1 heterocycles. The molecule has 2 aromatic rings.